The van der Waals surface area contributed by atoms with E-state index in [4.69, 9.17) is 21.4 Å². The Morgan fingerprint density at radius 3 is 2.59 bits per heavy atom. The standard InChI is InChI=1S/C20H20ClN3O2S/c1-13-11-23(12-14(2)26-13)20(25)18-10-16(19-8-5-9-27-19)22-24(18)17-7-4-3-6-15(17)21/h3-10,13-14H,11-12H2,1-2H3. The number of hydrogen-bond donors (Lipinski definition) is 0. The van der Waals surface area contributed by atoms with Crippen molar-refractivity contribution in [1.82, 2.24) is 14.7 Å². The average molecular weight is 402 g/mol. The first kappa shape index (κ1) is 18.2. The van der Waals surface area contributed by atoms with Gasteiger partial charge >= 0.3 is 0 Å². The van der Waals surface area contributed by atoms with E-state index in [0.29, 0.717) is 29.5 Å². The molecule has 2 aromatic heterocycles. The number of hydrogen-bond acceptors (Lipinski definition) is 4. The van der Waals surface area contributed by atoms with E-state index in [2.05, 4.69) is 0 Å². The van der Waals surface area contributed by atoms with Crippen LogP contribution in [0.3, 0.4) is 0 Å². The monoisotopic (exact) mass is 401 g/mol. The van der Waals surface area contributed by atoms with Gasteiger partial charge in [-0.15, -0.1) is 11.3 Å². The van der Waals surface area contributed by atoms with Gasteiger partial charge in [-0.05, 0) is 43.5 Å². The van der Waals surface area contributed by atoms with Crippen molar-refractivity contribution >= 4 is 28.8 Å². The van der Waals surface area contributed by atoms with Crippen molar-refractivity contribution in [2.45, 2.75) is 26.1 Å². The van der Waals surface area contributed by atoms with Crippen LogP contribution in [-0.2, 0) is 4.74 Å². The van der Waals surface area contributed by atoms with Crippen molar-refractivity contribution in [3.63, 3.8) is 0 Å². The number of nitrogens with zero attached hydrogens (tertiary/aromatic N) is 3. The molecular formula is C20H20ClN3O2S. The quantitative estimate of drug-likeness (QED) is 0.649. The third-order valence-corrected chi connectivity index (χ3v) is 5.70. The number of para-hydroxylation sites is 1. The van der Waals surface area contributed by atoms with Crippen LogP contribution in [-0.4, -0.2) is 45.9 Å². The number of rotatable bonds is 3. The number of carbonyl (C=O) groups excluding carboxylic acids is 1. The molecule has 1 aliphatic rings. The molecule has 0 saturated carbocycles. The Labute approximate surface area is 167 Å². The van der Waals surface area contributed by atoms with Gasteiger partial charge in [-0.2, -0.15) is 5.10 Å². The Morgan fingerprint density at radius 2 is 1.93 bits per heavy atom. The largest absolute Gasteiger partial charge is 0.372 e. The first-order valence-corrected chi connectivity index (χ1v) is 10.1. The molecule has 0 aliphatic carbocycles. The fraction of sp³-hybridized carbons (Fsp3) is 0.300. The second kappa shape index (κ2) is 7.46. The van der Waals surface area contributed by atoms with Gasteiger partial charge < -0.3 is 9.64 Å². The Bertz CT molecular complexity index is 944. The lowest BCUT2D eigenvalue weighted by atomic mass is 10.2. The van der Waals surface area contributed by atoms with Gasteiger partial charge in [-0.25, -0.2) is 4.68 Å². The Hall–Kier alpha value is -2.15. The maximum Gasteiger partial charge on any atom is 0.272 e. The average Bonchev–Trinajstić information content (AvgIpc) is 3.30. The fourth-order valence-corrected chi connectivity index (χ4v) is 4.29. The highest BCUT2D eigenvalue weighted by atomic mass is 35.5. The van der Waals surface area contributed by atoms with Crippen LogP contribution in [0.25, 0.3) is 16.3 Å². The lowest BCUT2D eigenvalue weighted by Crippen LogP contribution is -2.48. The smallest absolute Gasteiger partial charge is 0.272 e. The molecular weight excluding hydrogens is 382 g/mol. The van der Waals surface area contributed by atoms with Crippen LogP contribution in [0.1, 0.15) is 24.3 Å². The van der Waals surface area contributed by atoms with Crippen LogP contribution in [0.15, 0.2) is 47.8 Å². The summed E-state index contributed by atoms with van der Waals surface area (Å²) in [5.74, 6) is -0.0628. The molecule has 0 N–H and O–H groups in total. The molecule has 27 heavy (non-hydrogen) atoms. The summed E-state index contributed by atoms with van der Waals surface area (Å²) in [7, 11) is 0. The number of halogens is 1. The van der Waals surface area contributed by atoms with Crippen molar-refractivity contribution in [3.05, 3.63) is 58.6 Å². The van der Waals surface area contributed by atoms with Gasteiger partial charge in [0, 0.05) is 13.1 Å². The predicted octanol–water partition coefficient (Wildman–Crippen LogP) is 4.50. The Kier molecular flexibility index (Phi) is 5.04. The number of amides is 1. The summed E-state index contributed by atoms with van der Waals surface area (Å²) < 4.78 is 7.42. The van der Waals surface area contributed by atoms with Crippen LogP contribution in [0.2, 0.25) is 5.02 Å². The number of thiophene rings is 1. The van der Waals surface area contributed by atoms with E-state index >= 15 is 0 Å². The molecule has 5 nitrogen and oxygen atoms in total. The third-order valence-electron chi connectivity index (χ3n) is 4.49. The topological polar surface area (TPSA) is 47.4 Å². The second-order valence-electron chi connectivity index (χ2n) is 6.72. The van der Waals surface area contributed by atoms with Crippen molar-refractivity contribution < 1.29 is 9.53 Å². The zero-order valence-electron chi connectivity index (χ0n) is 15.1. The first-order chi connectivity index (χ1) is 13.0. The van der Waals surface area contributed by atoms with E-state index in [1.807, 2.05) is 60.5 Å². The van der Waals surface area contributed by atoms with Crippen LogP contribution in [0.5, 0.6) is 0 Å². The summed E-state index contributed by atoms with van der Waals surface area (Å²) >= 11 is 7.99. The normalized spacial score (nSPS) is 20.0. The molecule has 1 aromatic carbocycles. The van der Waals surface area contributed by atoms with Crippen LogP contribution >= 0.6 is 22.9 Å². The van der Waals surface area contributed by atoms with E-state index in [1.165, 1.54) is 0 Å². The predicted molar refractivity (Wildman–Crippen MR) is 108 cm³/mol. The second-order valence-corrected chi connectivity index (χ2v) is 8.08. The van der Waals surface area contributed by atoms with Gasteiger partial charge in [-0.1, -0.05) is 29.8 Å². The molecule has 1 amide bonds. The summed E-state index contributed by atoms with van der Waals surface area (Å²) in [6.07, 6.45) is 0.0114. The van der Waals surface area contributed by atoms with E-state index < -0.39 is 0 Å². The van der Waals surface area contributed by atoms with Gasteiger partial charge in [0.05, 0.1) is 27.8 Å². The van der Waals surface area contributed by atoms with Gasteiger partial charge in [0.25, 0.3) is 5.91 Å². The van der Waals surface area contributed by atoms with Crippen molar-refractivity contribution in [2.75, 3.05) is 13.1 Å². The fourth-order valence-electron chi connectivity index (χ4n) is 3.39. The zero-order chi connectivity index (χ0) is 19.0. The van der Waals surface area contributed by atoms with Crippen LogP contribution < -0.4 is 0 Å². The minimum atomic E-state index is -0.0628. The molecule has 0 spiro atoms. The maximum atomic E-state index is 13.3. The van der Waals surface area contributed by atoms with Gasteiger partial charge in [0.2, 0.25) is 0 Å². The molecule has 2 atom stereocenters. The number of ether oxygens (including phenoxy) is 1. The molecule has 1 fully saturated rings. The highest BCUT2D eigenvalue weighted by Gasteiger charge is 2.29. The molecule has 0 bridgehead atoms. The summed E-state index contributed by atoms with van der Waals surface area (Å²) in [6, 6.07) is 13.2. The van der Waals surface area contributed by atoms with Gasteiger partial charge in [0.15, 0.2) is 0 Å². The summed E-state index contributed by atoms with van der Waals surface area (Å²) in [4.78, 5) is 16.2. The van der Waals surface area contributed by atoms with Gasteiger partial charge in [0.1, 0.15) is 11.4 Å². The van der Waals surface area contributed by atoms with E-state index in [9.17, 15) is 4.79 Å². The molecule has 4 rings (SSSR count). The summed E-state index contributed by atoms with van der Waals surface area (Å²) in [5.41, 5.74) is 1.97. The van der Waals surface area contributed by atoms with E-state index in [-0.39, 0.29) is 18.1 Å². The van der Waals surface area contributed by atoms with E-state index in [0.717, 1.165) is 10.6 Å². The zero-order valence-corrected chi connectivity index (χ0v) is 16.7. The molecule has 3 heterocycles. The highest BCUT2D eigenvalue weighted by Crippen LogP contribution is 2.29. The van der Waals surface area contributed by atoms with E-state index in [1.54, 1.807) is 22.1 Å². The maximum absolute atomic E-state index is 13.3. The third kappa shape index (κ3) is 3.65. The lowest BCUT2D eigenvalue weighted by molar-refractivity contribution is -0.0588. The molecule has 7 heteroatoms. The first-order valence-electron chi connectivity index (χ1n) is 8.86. The Balaban J connectivity index is 1.79. The van der Waals surface area contributed by atoms with Crippen molar-refractivity contribution in [2.24, 2.45) is 0 Å². The summed E-state index contributed by atoms with van der Waals surface area (Å²) in [5, 5.41) is 7.25. The highest BCUT2D eigenvalue weighted by molar-refractivity contribution is 7.13. The molecule has 0 radical (unpaired) electrons. The molecule has 1 aliphatic heterocycles. The van der Waals surface area contributed by atoms with Crippen molar-refractivity contribution in [3.8, 4) is 16.3 Å². The summed E-state index contributed by atoms with van der Waals surface area (Å²) in [6.45, 7) is 5.09. The number of benzene rings is 1. The number of morpholine rings is 1. The van der Waals surface area contributed by atoms with Gasteiger partial charge in [-0.3, -0.25) is 4.79 Å². The molecule has 1 saturated heterocycles. The lowest BCUT2D eigenvalue weighted by Gasteiger charge is -2.35. The minimum Gasteiger partial charge on any atom is -0.372 e. The van der Waals surface area contributed by atoms with Crippen LogP contribution in [0.4, 0.5) is 0 Å². The van der Waals surface area contributed by atoms with Crippen molar-refractivity contribution in [1.29, 1.82) is 0 Å². The number of aromatic nitrogens is 2. The number of carbonyl (C=O) groups is 1. The SMILES string of the molecule is CC1CN(C(=O)c2cc(-c3cccs3)nn2-c2ccccc2Cl)CC(C)O1. The minimum absolute atomic E-state index is 0.00570. The molecule has 140 valence electrons. The molecule has 3 aromatic rings. The Morgan fingerprint density at radius 1 is 1.19 bits per heavy atom. The molecule has 2 unspecified atom stereocenters. The van der Waals surface area contributed by atoms with Crippen LogP contribution in [0, 0.1) is 0 Å².